The minimum absolute atomic E-state index is 0.219. The molecule has 1 aromatic heterocycles. The van der Waals surface area contributed by atoms with Crippen LogP contribution in [-0.2, 0) is 9.53 Å². The van der Waals surface area contributed by atoms with E-state index in [4.69, 9.17) is 0 Å². The Labute approximate surface area is 110 Å². The third-order valence-electron chi connectivity index (χ3n) is 2.53. The smallest absolute Gasteiger partial charge is 0.335 e. The largest absolute Gasteiger partial charge is 0.469 e. The van der Waals surface area contributed by atoms with Gasteiger partial charge in [-0.2, -0.15) is 0 Å². The molecule has 1 heterocycles. The lowest BCUT2D eigenvalue weighted by Crippen LogP contribution is -2.24. The van der Waals surface area contributed by atoms with Gasteiger partial charge in [0.1, 0.15) is 6.26 Å². The number of methoxy groups -OCH3 is 1. The molecule has 0 saturated carbocycles. The lowest BCUT2D eigenvalue weighted by molar-refractivity contribution is -0.140. The summed E-state index contributed by atoms with van der Waals surface area (Å²) >= 11 is 0. The molecule has 0 atom stereocenters. The van der Waals surface area contributed by atoms with E-state index in [0.29, 0.717) is 18.5 Å². The number of ether oxygens (including phenoxy) is 1. The Morgan fingerprint density at radius 2 is 2.05 bits per heavy atom. The summed E-state index contributed by atoms with van der Waals surface area (Å²) in [5.41, 5.74) is -0.173. The second-order valence-corrected chi connectivity index (χ2v) is 3.99. The Morgan fingerprint density at radius 1 is 1.26 bits per heavy atom. The number of carbonyl (C=O) groups is 2. The zero-order chi connectivity index (χ0) is 14.1. The predicted molar refractivity (Wildman–Crippen MR) is 67.8 cm³/mol. The highest BCUT2D eigenvalue weighted by Gasteiger charge is 2.05. The molecule has 0 spiro atoms. The lowest BCUT2D eigenvalue weighted by Gasteiger charge is -2.04. The molecule has 19 heavy (non-hydrogen) atoms. The Bertz CT molecular complexity index is 460. The van der Waals surface area contributed by atoms with E-state index >= 15 is 0 Å². The minimum atomic E-state index is -0.487. The summed E-state index contributed by atoms with van der Waals surface area (Å²) in [6.45, 7) is 0.513. The number of hydrogen-bond acceptors (Lipinski definition) is 5. The Hall–Kier alpha value is -2.11. The molecule has 1 aromatic rings. The molecule has 0 bridgehead atoms. The maximum atomic E-state index is 11.6. The monoisotopic (exact) mass is 267 g/mol. The molecule has 0 unspecified atom stereocenters. The van der Waals surface area contributed by atoms with Crippen molar-refractivity contribution >= 4 is 11.9 Å². The van der Waals surface area contributed by atoms with Crippen molar-refractivity contribution in [3.05, 3.63) is 34.4 Å². The Balaban J connectivity index is 2.16. The quantitative estimate of drug-likeness (QED) is 0.590. The summed E-state index contributed by atoms with van der Waals surface area (Å²) in [5, 5.41) is 2.70. The highest BCUT2D eigenvalue weighted by Crippen LogP contribution is 2.01. The maximum Gasteiger partial charge on any atom is 0.335 e. The SMILES string of the molecule is COC(=O)CCCCCNC(=O)c1ccc(=O)oc1. The van der Waals surface area contributed by atoms with Crippen LogP contribution in [0.25, 0.3) is 0 Å². The van der Waals surface area contributed by atoms with Crippen LogP contribution < -0.4 is 10.9 Å². The van der Waals surface area contributed by atoms with Gasteiger partial charge < -0.3 is 14.5 Å². The van der Waals surface area contributed by atoms with Crippen molar-refractivity contribution in [3.63, 3.8) is 0 Å². The first-order valence-corrected chi connectivity index (χ1v) is 6.07. The fourth-order valence-corrected chi connectivity index (χ4v) is 1.46. The van der Waals surface area contributed by atoms with Gasteiger partial charge in [-0.1, -0.05) is 6.42 Å². The van der Waals surface area contributed by atoms with Crippen molar-refractivity contribution in [1.29, 1.82) is 0 Å². The van der Waals surface area contributed by atoms with Crippen molar-refractivity contribution in [1.82, 2.24) is 5.32 Å². The number of hydrogen-bond donors (Lipinski definition) is 1. The van der Waals surface area contributed by atoms with Crippen LogP contribution in [0.4, 0.5) is 0 Å². The molecule has 0 aliphatic rings. The van der Waals surface area contributed by atoms with Crippen LogP contribution in [0.3, 0.4) is 0 Å². The van der Waals surface area contributed by atoms with Gasteiger partial charge in [0, 0.05) is 19.0 Å². The third kappa shape index (κ3) is 5.85. The van der Waals surface area contributed by atoms with Crippen molar-refractivity contribution in [3.8, 4) is 0 Å². The summed E-state index contributed by atoms with van der Waals surface area (Å²) in [4.78, 5) is 33.2. The second kappa shape index (κ2) is 8.07. The van der Waals surface area contributed by atoms with Gasteiger partial charge in [0.05, 0.1) is 12.7 Å². The van der Waals surface area contributed by atoms with E-state index < -0.39 is 5.63 Å². The molecule has 104 valence electrons. The van der Waals surface area contributed by atoms with Gasteiger partial charge in [-0.25, -0.2) is 4.79 Å². The van der Waals surface area contributed by atoms with E-state index in [1.807, 2.05) is 0 Å². The van der Waals surface area contributed by atoms with Gasteiger partial charge in [-0.05, 0) is 18.9 Å². The molecule has 0 radical (unpaired) electrons. The minimum Gasteiger partial charge on any atom is -0.469 e. The normalized spacial score (nSPS) is 9.95. The van der Waals surface area contributed by atoms with Crippen LogP contribution in [0.15, 0.2) is 27.6 Å². The zero-order valence-corrected chi connectivity index (χ0v) is 10.8. The molecule has 1 rings (SSSR count). The summed E-state index contributed by atoms with van der Waals surface area (Å²) in [6, 6.07) is 2.61. The van der Waals surface area contributed by atoms with Crippen LogP contribution in [-0.4, -0.2) is 25.5 Å². The topological polar surface area (TPSA) is 85.6 Å². The van der Waals surface area contributed by atoms with Gasteiger partial charge in [0.2, 0.25) is 0 Å². The molecule has 1 N–H and O–H groups in total. The first-order chi connectivity index (χ1) is 9.13. The Morgan fingerprint density at radius 3 is 2.68 bits per heavy atom. The number of nitrogens with one attached hydrogen (secondary N) is 1. The third-order valence-corrected chi connectivity index (χ3v) is 2.53. The molecule has 0 fully saturated rings. The van der Waals surface area contributed by atoms with E-state index in [-0.39, 0.29) is 11.9 Å². The van der Waals surface area contributed by atoms with Crippen molar-refractivity contribution in [2.75, 3.05) is 13.7 Å². The Kier molecular flexibility index (Phi) is 6.35. The molecule has 0 aliphatic heterocycles. The van der Waals surface area contributed by atoms with E-state index in [1.165, 1.54) is 19.2 Å². The molecular weight excluding hydrogens is 250 g/mol. The summed E-state index contributed by atoms with van der Waals surface area (Å²) < 4.78 is 9.11. The highest BCUT2D eigenvalue weighted by molar-refractivity contribution is 5.93. The first-order valence-electron chi connectivity index (χ1n) is 6.07. The molecule has 6 heteroatoms. The maximum absolute atomic E-state index is 11.6. The fourth-order valence-electron chi connectivity index (χ4n) is 1.46. The number of esters is 1. The van der Waals surface area contributed by atoms with Crippen LogP contribution in [0.2, 0.25) is 0 Å². The van der Waals surface area contributed by atoms with E-state index in [1.54, 1.807) is 0 Å². The van der Waals surface area contributed by atoms with Crippen LogP contribution in [0.5, 0.6) is 0 Å². The standard InChI is InChI=1S/C13H17NO5/c1-18-11(15)5-3-2-4-8-14-13(17)10-6-7-12(16)19-9-10/h6-7,9H,2-5,8H2,1H3,(H,14,17). The highest BCUT2D eigenvalue weighted by atomic mass is 16.5. The van der Waals surface area contributed by atoms with Crippen LogP contribution in [0, 0.1) is 0 Å². The molecule has 1 amide bonds. The summed E-state index contributed by atoms with van der Waals surface area (Å²) in [7, 11) is 1.36. The first kappa shape index (κ1) is 14.9. The number of unbranched alkanes of at least 4 members (excludes halogenated alkanes) is 2. The van der Waals surface area contributed by atoms with E-state index in [0.717, 1.165) is 25.5 Å². The van der Waals surface area contributed by atoms with Gasteiger partial charge in [0.25, 0.3) is 5.91 Å². The zero-order valence-electron chi connectivity index (χ0n) is 10.8. The van der Waals surface area contributed by atoms with Crippen LogP contribution in [0.1, 0.15) is 36.0 Å². The summed E-state index contributed by atoms with van der Waals surface area (Å²) in [5.74, 6) is -0.500. The van der Waals surface area contributed by atoms with Crippen LogP contribution >= 0.6 is 0 Å². The number of rotatable bonds is 7. The van der Waals surface area contributed by atoms with E-state index in [2.05, 4.69) is 14.5 Å². The lowest BCUT2D eigenvalue weighted by atomic mass is 10.2. The van der Waals surface area contributed by atoms with Gasteiger partial charge in [-0.3, -0.25) is 9.59 Å². The average Bonchev–Trinajstić information content (AvgIpc) is 2.42. The average molecular weight is 267 g/mol. The van der Waals surface area contributed by atoms with Gasteiger partial charge in [0.15, 0.2) is 0 Å². The molecule has 0 aromatic carbocycles. The van der Waals surface area contributed by atoms with Crippen molar-refractivity contribution in [2.45, 2.75) is 25.7 Å². The summed E-state index contributed by atoms with van der Waals surface area (Å²) in [6.07, 6.45) is 3.88. The van der Waals surface area contributed by atoms with Gasteiger partial charge >= 0.3 is 11.6 Å². The van der Waals surface area contributed by atoms with Crippen molar-refractivity contribution < 1.29 is 18.7 Å². The molecule has 6 nitrogen and oxygen atoms in total. The van der Waals surface area contributed by atoms with E-state index in [9.17, 15) is 14.4 Å². The molecule has 0 aliphatic carbocycles. The van der Waals surface area contributed by atoms with Gasteiger partial charge in [-0.15, -0.1) is 0 Å². The predicted octanol–water partition coefficient (Wildman–Crippen LogP) is 1.10. The molecule has 0 saturated heterocycles. The fraction of sp³-hybridized carbons (Fsp3) is 0.462. The van der Waals surface area contributed by atoms with Crippen molar-refractivity contribution in [2.24, 2.45) is 0 Å². The molecular formula is C13H17NO5. The second-order valence-electron chi connectivity index (χ2n) is 3.99. The number of carbonyl (C=O) groups excluding carboxylic acids is 2. The number of amides is 1.